The van der Waals surface area contributed by atoms with E-state index in [-0.39, 0.29) is 11.5 Å². The predicted molar refractivity (Wildman–Crippen MR) is 77.1 cm³/mol. The van der Waals surface area contributed by atoms with Gasteiger partial charge in [0.15, 0.2) is 0 Å². The molecule has 0 saturated carbocycles. The highest BCUT2D eigenvalue weighted by Gasteiger charge is 2.21. The molecule has 0 saturated heterocycles. The molecule has 0 bridgehead atoms. The third-order valence-electron chi connectivity index (χ3n) is 3.79. The van der Waals surface area contributed by atoms with Crippen molar-refractivity contribution < 1.29 is 0 Å². The second-order valence-corrected chi connectivity index (χ2v) is 5.28. The first-order valence-corrected chi connectivity index (χ1v) is 7.26. The molecule has 6 heteroatoms. The second kappa shape index (κ2) is 7.01. The Hall–Kier alpha value is -2.18. The minimum absolute atomic E-state index is 0.0700. The highest BCUT2D eigenvalue weighted by Crippen LogP contribution is 2.17. The van der Waals surface area contributed by atoms with Crippen LogP contribution in [0.2, 0.25) is 0 Å². The van der Waals surface area contributed by atoms with Crippen LogP contribution < -0.4 is 5.56 Å². The van der Waals surface area contributed by atoms with Gasteiger partial charge in [-0.05, 0) is 18.9 Å². The van der Waals surface area contributed by atoms with Crippen LogP contribution in [-0.2, 0) is 19.5 Å². The van der Waals surface area contributed by atoms with Gasteiger partial charge in [-0.3, -0.25) is 9.69 Å². The van der Waals surface area contributed by atoms with Crippen molar-refractivity contribution in [3.63, 3.8) is 0 Å². The Kier molecular flexibility index (Phi) is 5.08. The molecule has 1 aromatic heterocycles. The Morgan fingerprint density at radius 2 is 2.29 bits per heavy atom. The van der Waals surface area contributed by atoms with E-state index in [2.05, 4.69) is 22.1 Å². The van der Waals surface area contributed by atoms with Crippen LogP contribution in [0.5, 0.6) is 0 Å². The van der Waals surface area contributed by atoms with Gasteiger partial charge >= 0.3 is 0 Å². The maximum Gasteiger partial charge on any atom is 0.267 e. The number of aryl methyl sites for hydroxylation is 1. The van der Waals surface area contributed by atoms with Crippen LogP contribution in [0.3, 0.4) is 0 Å². The quantitative estimate of drug-likeness (QED) is 0.807. The molecule has 110 valence electrons. The van der Waals surface area contributed by atoms with E-state index in [4.69, 9.17) is 10.5 Å². The Morgan fingerprint density at radius 3 is 2.95 bits per heavy atom. The molecule has 0 aromatic carbocycles. The summed E-state index contributed by atoms with van der Waals surface area (Å²) in [5.41, 5.74) is 1.88. The zero-order valence-corrected chi connectivity index (χ0v) is 12.2. The summed E-state index contributed by atoms with van der Waals surface area (Å²) < 4.78 is 1.49. The molecule has 1 aliphatic heterocycles. The molecular weight excluding hydrogens is 266 g/mol. The molecule has 0 fully saturated rings. The molecule has 2 rings (SSSR count). The Balaban J connectivity index is 2.06. The molecule has 0 unspecified atom stereocenters. The molecule has 0 radical (unpaired) electrons. The van der Waals surface area contributed by atoms with Crippen LogP contribution in [0.4, 0.5) is 0 Å². The summed E-state index contributed by atoms with van der Waals surface area (Å²) in [5.74, 6) is -0.129. The van der Waals surface area contributed by atoms with E-state index in [1.54, 1.807) is 6.07 Å². The van der Waals surface area contributed by atoms with E-state index in [9.17, 15) is 4.79 Å². The predicted octanol–water partition coefficient (Wildman–Crippen LogP) is 1.06. The molecule has 2 heterocycles. The maximum atomic E-state index is 11.8. The largest absolute Gasteiger partial charge is 0.297 e. The molecular formula is C15H19N5O. The first-order valence-electron chi connectivity index (χ1n) is 7.26. The van der Waals surface area contributed by atoms with Crippen molar-refractivity contribution in [2.24, 2.45) is 5.92 Å². The first-order chi connectivity index (χ1) is 10.2. The van der Waals surface area contributed by atoms with Crippen LogP contribution in [0.1, 0.15) is 31.0 Å². The monoisotopic (exact) mass is 285 g/mol. The molecule has 0 aliphatic carbocycles. The van der Waals surface area contributed by atoms with Gasteiger partial charge < -0.3 is 0 Å². The van der Waals surface area contributed by atoms with Gasteiger partial charge in [0.05, 0.1) is 23.8 Å². The second-order valence-electron chi connectivity index (χ2n) is 5.28. The third-order valence-corrected chi connectivity index (χ3v) is 3.79. The lowest BCUT2D eigenvalue weighted by Gasteiger charge is -2.29. The van der Waals surface area contributed by atoms with Crippen molar-refractivity contribution in [2.75, 3.05) is 13.1 Å². The number of nitrogens with zero attached hydrogens (tertiary/aromatic N) is 5. The fraction of sp³-hybridized carbons (Fsp3) is 0.600. The molecule has 1 aromatic rings. The average molecular weight is 285 g/mol. The van der Waals surface area contributed by atoms with E-state index in [1.165, 1.54) is 4.68 Å². The van der Waals surface area contributed by atoms with Crippen molar-refractivity contribution in [2.45, 2.75) is 39.3 Å². The van der Waals surface area contributed by atoms with Crippen LogP contribution >= 0.6 is 0 Å². The average Bonchev–Trinajstić information content (AvgIpc) is 2.50. The topological polar surface area (TPSA) is 85.7 Å². The minimum atomic E-state index is -0.129. The molecule has 21 heavy (non-hydrogen) atoms. The molecule has 1 aliphatic rings. The number of rotatable bonds is 5. The highest BCUT2D eigenvalue weighted by molar-refractivity contribution is 5.20. The Bertz CT molecular complexity index is 637. The summed E-state index contributed by atoms with van der Waals surface area (Å²) in [5, 5.41) is 22.1. The lowest BCUT2D eigenvalue weighted by molar-refractivity contribution is 0.224. The fourth-order valence-electron chi connectivity index (χ4n) is 2.63. The van der Waals surface area contributed by atoms with Crippen LogP contribution in [0, 0.1) is 28.6 Å². The smallest absolute Gasteiger partial charge is 0.267 e. The van der Waals surface area contributed by atoms with Gasteiger partial charge in [-0.2, -0.15) is 15.6 Å². The number of hydrogen-bond acceptors (Lipinski definition) is 5. The fourth-order valence-corrected chi connectivity index (χ4v) is 2.63. The van der Waals surface area contributed by atoms with Gasteiger partial charge in [-0.15, -0.1) is 0 Å². The first kappa shape index (κ1) is 15.2. The summed E-state index contributed by atoms with van der Waals surface area (Å²) in [6, 6.07) is 6.01. The zero-order valence-electron chi connectivity index (χ0n) is 12.2. The number of aromatic nitrogens is 2. The summed E-state index contributed by atoms with van der Waals surface area (Å²) in [4.78, 5) is 14.0. The molecule has 1 atom stereocenters. The summed E-state index contributed by atoms with van der Waals surface area (Å²) in [7, 11) is 0. The third kappa shape index (κ3) is 3.68. The number of nitriles is 2. The highest BCUT2D eigenvalue weighted by atomic mass is 16.1. The van der Waals surface area contributed by atoms with Gasteiger partial charge in [0, 0.05) is 45.1 Å². The van der Waals surface area contributed by atoms with Crippen LogP contribution in [0.15, 0.2) is 10.9 Å². The van der Waals surface area contributed by atoms with E-state index in [0.717, 1.165) is 24.2 Å². The molecule has 6 nitrogen and oxygen atoms in total. The standard InChI is InChI=1S/C15H19N5O/c1-2-20-15(21)8-13-11-19(7-5-14(13)18-20)10-12(9-17)4-3-6-16/h8,12H,2-5,7,10-11H2,1H3/t12-/m0/s1. The Morgan fingerprint density at radius 1 is 1.48 bits per heavy atom. The van der Waals surface area contributed by atoms with Crippen LogP contribution in [-0.4, -0.2) is 27.8 Å². The van der Waals surface area contributed by atoms with Crippen molar-refractivity contribution in [1.82, 2.24) is 14.7 Å². The molecule has 0 amide bonds. The van der Waals surface area contributed by atoms with E-state index < -0.39 is 0 Å². The number of fused-ring (bicyclic) bond motifs is 1. The van der Waals surface area contributed by atoms with Gasteiger partial charge in [-0.25, -0.2) is 4.68 Å². The SMILES string of the molecule is CCn1nc2c(cc1=O)CN(C[C@H](C#N)CCC#N)CC2. The summed E-state index contributed by atoms with van der Waals surface area (Å²) in [6.45, 7) is 4.64. The molecule has 0 spiro atoms. The van der Waals surface area contributed by atoms with Gasteiger partial charge in [0.1, 0.15) is 0 Å². The normalized spacial score (nSPS) is 15.8. The zero-order chi connectivity index (χ0) is 15.2. The van der Waals surface area contributed by atoms with Crippen molar-refractivity contribution in [1.29, 1.82) is 10.5 Å². The van der Waals surface area contributed by atoms with E-state index >= 15 is 0 Å². The molecule has 0 N–H and O–H groups in total. The minimum Gasteiger partial charge on any atom is -0.297 e. The van der Waals surface area contributed by atoms with Crippen molar-refractivity contribution in [3.8, 4) is 12.1 Å². The van der Waals surface area contributed by atoms with E-state index in [1.807, 2.05) is 6.92 Å². The van der Waals surface area contributed by atoms with Gasteiger partial charge in [0.25, 0.3) is 5.56 Å². The number of hydrogen-bond donors (Lipinski definition) is 0. The maximum absolute atomic E-state index is 11.8. The lowest BCUT2D eigenvalue weighted by Crippen LogP contribution is -2.37. The van der Waals surface area contributed by atoms with E-state index in [0.29, 0.717) is 32.5 Å². The lowest BCUT2D eigenvalue weighted by atomic mass is 10.0. The summed E-state index contributed by atoms with van der Waals surface area (Å²) >= 11 is 0. The Labute approximate surface area is 124 Å². The van der Waals surface area contributed by atoms with Gasteiger partial charge in [-0.1, -0.05) is 0 Å². The van der Waals surface area contributed by atoms with Gasteiger partial charge in [0.2, 0.25) is 0 Å². The van der Waals surface area contributed by atoms with Crippen molar-refractivity contribution in [3.05, 3.63) is 27.7 Å². The van der Waals surface area contributed by atoms with Crippen molar-refractivity contribution >= 4 is 0 Å². The van der Waals surface area contributed by atoms with Crippen LogP contribution in [0.25, 0.3) is 0 Å². The summed E-state index contributed by atoms with van der Waals surface area (Å²) in [6.07, 6.45) is 1.81.